The fraction of sp³-hybridized carbons (Fsp3) is 1.00. The molecule has 0 aromatic carbocycles. The summed E-state index contributed by atoms with van der Waals surface area (Å²) in [6.45, 7) is 8.04. The second-order valence-electron chi connectivity index (χ2n) is 5.28. The summed E-state index contributed by atoms with van der Waals surface area (Å²) < 4.78 is 0. The van der Waals surface area contributed by atoms with Crippen molar-refractivity contribution in [1.29, 1.82) is 0 Å². The first-order valence-electron chi connectivity index (χ1n) is 6.53. The Kier molecular flexibility index (Phi) is 5.07. The Balaban J connectivity index is 2.45. The van der Waals surface area contributed by atoms with E-state index in [4.69, 9.17) is 0 Å². The predicted octanol–water partition coefficient (Wildman–Crippen LogP) is 2.56. The van der Waals surface area contributed by atoms with E-state index < -0.39 is 5.60 Å². The van der Waals surface area contributed by atoms with Crippen LogP contribution in [0.25, 0.3) is 0 Å². The number of rotatable bonds is 5. The number of likely N-dealkylation sites (N-methyl/N-ethyl adjacent to an activating group) is 1. The molecule has 2 nitrogen and oxygen atoms in total. The van der Waals surface area contributed by atoms with Crippen molar-refractivity contribution in [2.45, 2.75) is 58.5 Å². The zero-order chi connectivity index (χ0) is 11.3. The molecule has 1 fully saturated rings. The van der Waals surface area contributed by atoms with E-state index in [0.717, 1.165) is 19.0 Å². The SMILES string of the molecule is CCNCC(C)(O)C1CCCC(CC)C1. The van der Waals surface area contributed by atoms with Gasteiger partial charge in [0, 0.05) is 6.54 Å². The molecule has 2 N–H and O–H groups in total. The first-order valence-corrected chi connectivity index (χ1v) is 6.53. The van der Waals surface area contributed by atoms with Gasteiger partial charge >= 0.3 is 0 Å². The normalized spacial score (nSPS) is 31.2. The van der Waals surface area contributed by atoms with Crippen LogP contribution in [0, 0.1) is 11.8 Å². The monoisotopic (exact) mass is 213 g/mol. The minimum Gasteiger partial charge on any atom is -0.389 e. The molecule has 1 rings (SSSR count). The number of aliphatic hydroxyl groups is 1. The molecule has 0 amide bonds. The molecule has 0 radical (unpaired) electrons. The van der Waals surface area contributed by atoms with Gasteiger partial charge < -0.3 is 10.4 Å². The molecule has 90 valence electrons. The minimum atomic E-state index is -0.510. The molecular weight excluding hydrogens is 186 g/mol. The topological polar surface area (TPSA) is 32.3 Å². The smallest absolute Gasteiger partial charge is 0.0771 e. The van der Waals surface area contributed by atoms with E-state index >= 15 is 0 Å². The molecule has 0 bridgehead atoms. The largest absolute Gasteiger partial charge is 0.389 e. The Bertz CT molecular complexity index is 179. The van der Waals surface area contributed by atoms with Crippen LogP contribution in [-0.4, -0.2) is 23.8 Å². The Morgan fingerprint density at radius 2 is 2.07 bits per heavy atom. The van der Waals surface area contributed by atoms with Crippen LogP contribution in [0.1, 0.15) is 52.9 Å². The third kappa shape index (κ3) is 3.76. The first kappa shape index (κ1) is 13.0. The lowest BCUT2D eigenvalue weighted by atomic mass is 9.72. The highest BCUT2D eigenvalue weighted by Crippen LogP contribution is 2.36. The summed E-state index contributed by atoms with van der Waals surface area (Å²) in [5.41, 5.74) is -0.510. The predicted molar refractivity (Wildman–Crippen MR) is 64.9 cm³/mol. The van der Waals surface area contributed by atoms with Crippen LogP contribution in [0.5, 0.6) is 0 Å². The minimum absolute atomic E-state index is 0.496. The summed E-state index contributed by atoms with van der Waals surface area (Å²) >= 11 is 0. The molecule has 0 saturated heterocycles. The molecule has 15 heavy (non-hydrogen) atoms. The van der Waals surface area contributed by atoms with E-state index in [1.54, 1.807) is 0 Å². The van der Waals surface area contributed by atoms with Crippen molar-refractivity contribution in [2.75, 3.05) is 13.1 Å². The van der Waals surface area contributed by atoms with Crippen molar-refractivity contribution in [3.05, 3.63) is 0 Å². The number of hydrogen-bond donors (Lipinski definition) is 2. The van der Waals surface area contributed by atoms with Gasteiger partial charge in [-0.05, 0) is 38.1 Å². The Morgan fingerprint density at radius 3 is 2.67 bits per heavy atom. The third-order valence-corrected chi connectivity index (χ3v) is 3.97. The lowest BCUT2D eigenvalue weighted by Crippen LogP contribution is -2.46. The van der Waals surface area contributed by atoms with Crippen molar-refractivity contribution >= 4 is 0 Å². The van der Waals surface area contributed by atoms with Crippen LogP contribution in [0.4, 0.5) is 0 Å². The molecule has 1 aliphatic rings. The van der Waals surface area contributed by atoms with Gasteiger partial charge in [-0.15, -0.1) is 0 Å². The standard InChI is InChI=1S/C13H27NO/c1-4-11-7-6-8-12(9-11)13(3,15)10-14-5-2/h11-12,14-15H,4-10H2,1-3H3. The third-order valence-electron chi connectivity index (χ3n) is 3.97. The molecule has 0 aromatic heterocycles. The average molecular weight is 213 g/mol. The molecule has 0 aliphatic heterocycles. The quantitative estimate of drug-likeness (QED) is 0.735. The molecule has 0 spiro atoms. The van der Waals surface area contributed by atoms with Gasteiger partial charge in [0.15, 0.2) is 0 Å². The van der Waals surface area contributed by atoms with Gasteiger partial charge in [-0.1, -0.05) is 33.1 Å². The van der Waals surface area contributed by atoms with Gasteiger partial charge in [-0.25, -0.2) is 0 Å². The fourth-order valence-corrected chi connectivity index (χ4v) is 2.75. The highest BCUT2D eigenvalue weighted by atomic mass is 16.3. The van der Waals surface area contributed by atoms with E-state index in [1.807, 2.05) is 6.92 Å². The molecular formula is C13H27NO. The Hall–Kier alpha value is -0.0800. The zero-order valence-electron chi connectivity index (χ0n) is 10.6. The van der Waals surface area contributed by atoms with Crippen LogP contribution in [0.15, 0.2) is 0 Å². The highest BCUT2D eigenvalue weighted by molar-refractivity contribution is 4.88. The number of hydrogen-bond acceptors (Lipinski definition) is 2. The van der Waals surface area contributed by atoms with Crippen LogP contribution < -0.4 is 5.32 Å². The van der Waals surface area contributed by atoms with E-state index in [1.165, 1.54) is 32.1 Å². The summed E-state index contributed by atoms with van der Waals surface area (Å²) in [7, 11) is 0. The molecule has 1 saturated carbocycles. The maximum absolute atomic E-state index is 10.4. The van der Waals surface area contributed by atoms with Gasteiger partial charge in [0.1, 0.15) is 0 Å². The van der Waals surface area contributed by atoms with Gasteiger partial charge in [-0.2, -0.15) is 0 Å². The highest BCUT2D eigenvalue weighted by Gasteiger charge is 2.34. The molecule has 0 aromatic rings. The molecule has 3 atom stereocenters. The van der Waals surface area contributed by atoms with Crippen molar-refractivity contribution < 1.29 is 5.11 Å². The van der Waals surface area contributed by atoms with Crippen molar-refractivity contribution in [2.24, 2.45) is 11.8 Å². The summed E-state index contributed by atoms with van der Waals surface area (Å²) in [4.78, 5) is 0. The average Bonchev–Trinajstić information content (AvgIpc) is 2.26. The van der Waals surface area contributed by atoms with Crippen molar-refractivity contribution in [1.82, 2.24) is 5.32 Å². The van der Waals surface area contributed by atoms with Crippen molar-refractivity contribution in [3.8, 4) is 0 Å². The zero-order valence-corrected chi connectivity index (χ0v) is 10.6. The van der Waals surface area contributed by atoms with E-state index in [0.29, 0.717) is 5.92 Å². The van der Waals surface area contributed by atoms with Gasteiger partial charge in [-0.3, -0.25) is 0 Å². The second-order valence-corrected chi connectivity index (χ2v) is 5.28. The summed E-state index contributed by atoms with van der Waals surface area (Å²) in [6.07, 6.45) is 6.35. The maximum atomic E-state index is 10.4. The van der Waals surface area contributed by atoms with E-state index in [-0.39, 0.29) is 0 Å². The summed E-state index contributed by atoms with van der Waals surface area (Å²) in [5.74, 6) is 1.34. The Morgan fingerprint density at radius 1 is 1.33 bits per heavy atom. The Labute approximate surface area is 94.5 Å². The second kappa shape index (κ2) is 5.86. The molecule has 2 heteroatoms. The molecule has 3 unspecified atom stereocenters. The summed E-state index contributed by atoms with van der Waals surface area (Å²) in [6, 6.07) is 0. The van der Waals surface area contributed by atoms with Gasteiger partial charge in [0.2, 0.25) is 0 Å². The molecule has 0 heterocycles. The van der Waals surface area contributed by atoms with E-state index in [2.05, 4.69) is 19.2 Å². The van der Waals surface area contributed by atoms with E-state index in [9.17, 15) is 5.11 Å². The van der Waals surface area contributed by atoms with Gasteiger partial charge in [0.05, 0.1) is 5.60 Å². The van der Waals surface area contributed by atoms with Crippen LogP contribution >= 0.6 is 0 Å². The lowest BCUT2D eigenvalue weighted by molar-refractivity contribution is -0.0243. The van der Waals surface area contributed by atoms with Crippen LogP contribution in [0.3, 0.4) is 0 Å². The number of nitrogens with one attached hydrogen (secondary N) is 1. The lowest BCUT2D eigenvalue weighted by Gasteiger charge is -2.38. The van der Waals surface area contributed by atoms with Crippen LogP contribution in [0.2, 0.25) is 0 Å². The van der Waals surface area contributed by atoms with Crippen molar-refractivity contribution in [3.63, 3.8) is 0 Å². The first-order chi connectivity index (χ1) is 7.10. The fourth-order valence-electron chi connectivity index (χ4n) is 2.75. The van der Waals surface area contributed by atoms with Gasteiger partial charge in [0.25, 0.3) is 0 Å². The molecule has 1 aliphatic carbocycles. The van der Waals surface area contributed by atoms with Crippen LogP contribution in [-0.2, 0) is 0 Å². The summed E-state index contributed by atoms with van der Waals surface area (Å²) in [5, 5.41) is 13.7. The maximum Gasteiger partial charge on any atom is 0.0771 e.